The summed E-state index contributed by atoms with van der Waals surface area (Å²) in [5.41, 5.74) is 2.00. The van der Waals surface area contributed by atoms with E-state index in [9.17, 15) is 5.11 Å². The van der Waals surface area contributed by atoms with Crippen LogP contribution in [0.2, 0.25) is 0 Å². The molecule has 1 aliphatic carbocycles. The molecule has 1 N–H and O–H groups in total. The molecule has 1 atom stereocenters. The summed E-state index contributed by atoms with van der Waals surface area (Å²) < 4.78 is 0. The van der Waals surface area contributed by atoms with E-state index in [4.69, 9.17) is 0 Å². The monoisotopic (exact) mass is 261 g/mol. The van der Waals surface area contributed by atoms with E-state index in [1.807, 2.05) is 25.3 Å². The van der Waals surface area contributed by atoms with E-state index in [2.05, 4.69) is 11.9 Å². The number of aliphatic hydroxyl groups excluding tert-OH is 1. The van der Waals surface area contributed by atoms with Crippen molar-refractivity contribution >= 4 is 0 Å². The third kappa shape index (κ3) is 4.04. The predicted octanol–water partition coefficient (Wildman–Crippen LogP) is 4.42. The minimum Gasteiger partial charge on any atom is -0.388 e. The minimum atomic E-state index is -0.319. The first-order valence-electron chi connectivity index (χ1n) is 7.81. The van der Waals surface area contributed by atoms with Gasteiger partial charge in [-0.05, 0) is 43.2 Å². The van der Waals surface area contributed by atoms with Gasteiger partial charge in [-0.25, -0.2) is 0 Å². The molecule has 0 bridgehead atoms. The molecule has 19 heavy (non-hydrogen) atoms. The number of aromatic nitrogens is 1. The summed E-state index contributed by atoms with van der Waals surface area (Å²) in [6, 6.07) is 4.02. The Kier molecular flexibility index (Phi) is 5.38. The van der Waals surface area contributed by atoms with Gasteiger partial charge in [-0.1, -0.05) is 45.1 Å². The van der Waals surface area contributed by atoms with E-state index < -0.39 is 0 Å². The highest BCUT2D eigenvalue weighted by molar-refractivity contribution is 5.16. The van der Waals surface area contributed by atoms with E-state index in [1.165, 1.54) is 44.9 Å². The maximum Gasteiger partial charge on any atom is 0.0833 e. The number of unbranched alkanes of at least 4 members (excludes halogenated alkanes) is 1. The van der Waals surface area contributed by atoms with Gasteiger partial charge in [0.15, 0.2) is 0 Å². The molecule has 1 aromatic heterocycles. The zero-order valence-corrected chi connectivity index (χ0v) is 12.3. The van der Waals surface area contributed by atoms with Crippen molar-refractivity contribution in [2.24, 2.45) is 11.8 Å². The molecule has 2 rings (SSSR count). The average Bonchev–Trinajstić information content (AvgIpc) is 2.46. The summed E-state index contributed by atoms with van der Waals surface area (Å²) in [6.45, 7) is 4.24. The molecule has 1 aromatic rings. The fourth-order valence-corrected chi connectivity index (χ4v) is 3.21. The molecule has 0 aliphatic heterocycles. The number of pyridine rings is 1. The molecule has 1 fully saturated rings. The molecule has 1 aliphatic rings. The SMILES string of the molecule is CCCCC1CCC(C(O)c2ccc(C)nc2)CC1. The van der Waals surface area contributed by atoms with Gasteiger partial charge in [-0.15, -0.1) is 0 Å². The lowest BCUT2D eigenvalue weighted by Gasteiger charge is -2.31. The summed E-state index contributed by atoms with van der Waals surface area (Å²) >= 11 is 0. The fourth-order valence-electron chi connectivity index (χ4n) is 3.21. The summed E-state index contributed by atoms with van der Waals surface area (Å²) in [4.78, 5) is 4.29. The lowest BCUT2D eigenvalue weighted by molar-refractivity contribution is 0.0717. The first-order valence-corrected chi connectivity index (χ1v) is 7.81. The molecule has 0 aromatic carbocycles. The summed E-state index contributed by atoms with van der Waals surface area (Å²) in [5.74, 6) is 1.34. The van der Waals surface area contributed by atoms with Crippen LogP contribution in [0.4, 0.5) is 0 Å². The molecule has 0 spiro atoms. The Bertz CT molecular complexity index is 365. The topological polar surface area (TPSA) is 33.1 Å². The van der Waals surface area contributed by atoms with E-state index in [1.54, 1.807) is 0 Å². The van der Waals surface area contributed by atoms with Gasteiger partial charge in [0.25, 0.3) is 0 Å². The van der Waals surface area contributed by atoms with E-state index in [0.29, 0.717) is 5.92 Å². The van der Waals surface area contributed by atoms with Crippen molar-refractivity contribution < 1.29 is 5.11 Å². The van der Waals surface area contributed by atoms with Gasteiger partial charge in [-0.3, -0.25) is 4.98 Å². The van der Waals surface area contributed by atoms with Crippen LogP contribution in [0.25, 0.3) is 0 Å². The highest BCUT2D eigenvalue weighted by atomic mass is 16.3. The van der Waals surface area contributed by atoms with Crippen LogP contribution < -0.4 is 0 Å². The maximum atomic E-state index is 10.5. The second kappa shape index (κ2) is 7.04. The van der Waals surface area contributed by atoms with Crippen molar-refractivity contribution in [1.29, 1.82) is 0 Å². The lowest BCUT2D eigenvalue weighted by Crippen LogP contribution is -2.20. The average molecular weight is 261 g/mol. The van der Waals surface area contributed by atoms with Crippen molar-refractivity contribution in [2.45, 2.75) is 64.9 Å². The van der Waals surface area contributed by atoms with Crippen molar-refractivity contribution in [1.82, 2.24) is 4.98 Å². The zero-order valence-electron chi connectivity index (χ0n) is 12.3. The second-order valence-corrected chi connectivity index (χ2v) is 6.10. The third-order valence-corrected chi connectivity index (χ3v) is 4.58. The highest BCUT2D eigenvalue weighted by Crippen LogP contribution is 2.38. The summed E-state index contributed by atoms with van der Waals surface area (Å²) in [6.07, 6.45) is 10.5. The molecule has 2 heteroatoms. The van der Waals surface area contributed by atoms with Gasteiger partial charge in [0.1, 0.15) is 0 Å². The number of hydrogen-bond donors (Lipinski definition) is 1. The fraction of sp³-hybridized carbons (Fsp3) is 0.706. The van der Waals surface area contributed by atoms with Crippen LogP contribution in [0.5, 0.6) is 0 Å². The van der Waals surface area contributed by atoms with Crippen molar-refractivity contribution in [3.63, 3.8) is 0 Å². The normalized spacial score (nSPS) is 25.2. The van der Waals surface area contributed by atoms with Gasteiger partial charge in [0, 0.05) is 11.9 Å². The Morgan fingerprint density at radius 2 is 2.00 bits per heavy atom. The largest absolute Gasteiger partial charge is 0.388 e. The van der Waals surface area contributed by atoms with Crippen molar-refractivity contribution in [3.05, 3.63) is 29.6 Å². The molecule has 0 saturated heterocycles. The van der Waals surface area contributed by atoms with Gasteiger partial charge in [0.05, 0.1) is 6.10 Å². The van der Waals surface area contributed by atoms with E-state index >= 15 is 0 Å². The van der Waals surface area contributed by atoms with Crippen LogP contribution in [-0.2, 0) is 0 Å². The highest BCUT2D eigenvalue weighted by Gasteiger charge is 2.27. The smallest absolute Gasteiger partial charge is 0.0833 e. The summed E-state index contributed by atoms with van der Waals surface area (Å²) in [5, 5.41) is 10.5. The van der Waals surface area contributed by atoms with Crippen LogP contribution >= 0.6 is 0 Å². The van der Waals surface area contributed by atoms with Gasteiger partial charge in [0.2, 0.25) is 0 Å². The molecule has 1 unspecified atom stereocenters. The van der Waals surface area contributed by atoms with Crippen molar-refractivity contribution in [3.8, 4) is 0 Å². The molecule has 1 saturated carbocycles. The van der Waals surface area contributed by atoms with Gasteiger partial charge in [-0.2, -0.15) is 0 Å². The maximum absolute atomic E-state index is 10.5. The third-order valence-electron chi connectivity index (χ3n) is 4.58. The number of rotatable bonds is 5. The number of aliphatic hydroxyl groups is 1. The van der Waals surface area contributed by atoms with Crippen molar-refractivity contribution in [2.75, 3.05) is 0 Å². The first-order chi connectivity index (χ1) is 9.20. The zero-order chi connectivity index (χ0) is 13.7. The number of hydrogen-bond acceptors (Lipinski definition) is 2. The molecule has 1 heterocycles. The molecule has 2 nitrogen and oxygen atoms in total. The van der Waals surface area contributed by atoms with E-state index in [0.717, 1.165) is 17.2 Å². The molecule has 0 radical (unpaired) electrons. The quantitative estimate of drug-likeness (QED) is 0.851. The van der Waals surface area contributed by atoms with Crippen LogP contribution in [0.15, 0.2) is 18.3 Å². The van der Waals surface area contributed by atoms with Crippen LogP contribution in [-0.4, -0.2) is 10.1 Å². The predicted molar refractivity (Wildman–Crippen MR) is 78.9 cm³/mol. The Hall–Kier alpha value is -0.890. The van der Waals surface area contributed by atoms with E-state index in [-0.39, 0.29) is 6.10 Å². The minimum absolute atomic E-state index is 0.319. The summed E-state index contributed by atoms with van der Waals surface area (Å²) in [7, 11) is 0. The Morgan fingerprint density at radius 3 is 2.58 bits per heavy atom. The Labute approximate surface area is 117 Å². The molecular formula is C17H27NO. The first kappa shape index (κ1) is 14.5. The van der Waals surface area contributed by atoms with Crippen LogP contribution in [0.3, 0.4) is 0 Å². The van der Waals surface area contributed by atoms with Gasteiger partial charge >= 0.3 is 0 Å². The number of nitrogens with zero attached hydrogens (tertiary/aromatic N) is 1. The standard InChI is InChI=1S/C17H27NO/c1-3-4-5-14-7-10-15(11-8-14)17(19)16-9-6-13(2)18-12-16/h6,9,12,14-15,17,19H,3-5,7-8,10-11H2,1-2H3. The van der Waals surface area contributed by atoms with Crippen LogP contribution in [0.1, 0.15) is 69.2 Å². The molecule has 0 amide bonds. The van der Waals surface area contributed by atoms with Crippen LogP contribution in [0, 0.1) is 18.8 Å². The number of aryl methyl sites for hydroxylation is 1. The molecular weight excluding hydrogens is 234 g/mol. The Morgan fingerprint density at radius 1 is 1.26 bits per heavy atom. The second-order valence-electron chi connectivity index (χ2n) is 6.10. The van der Waals surface area contributed by atoms with Gasteiger partial charge < -0.3 is 5.11 Å². The lowest BCUT2D eigenvalue weighted by atomic mass is 9.76. The Balaban J connectivity index is 1.85. The molecule has 106 valence electrons.